The topological polar surface area (TPSA) is 70.5 Å². The Bertz CT molecular complexity index is 170. The molecule has 2 aliphatic carbocycles. The summed E-state index contributed by atoms with van der Waals surface area (Å²) in [6.45, 7) is 0. The summed E-state index contributed by atoms with van der Waals surface area (Å²) in [5.74, 6) is 0. The average Bonchev–Trinajstić information content (AvgIpc) is 2.87. The molecule has 0 unspecified atom stereocenters. The van der Waals surface area contributed by atoms with Crippen LogP contribution in [-0.2, 0) is 9.47 Å². The minimum atomic E-state index is 0.306. The predicted molar refractivity (Wildman–Crippen MR) is 65.2 cm³/mol. The Morgan fingerprint density at radius 3 is 1.25 bits per heavy atom. The first-order chi connectivity index (χ1) is 7.69. The first-order valence-corrected chi connectivity index (χ1v) is 6.25. The third-order valence-electron chi connectivity index (χ3n) is 3.61. The van der Waals surface area contributed by atoms with Crippen molar-refractivity contribution in [1.29, 1.82) is 0 Å². The highest BCUT2D eigenvalue weighted by molar-refractivity contribution is 4.80. The highest BCUT2D eigenvalue weighted by Gasteiger charge is 2.23. The number of methoxy groups -OCH3 is 2. The van der Waals surface area contributed by atoms with Crippen molar-refractivity contribution in [2.45, 2.75) is 62.8 Å². The molecule has 0 bridgehead atoms. The Kier molecular flexibility index (Phi) is 6.28. The maximum absolute atomic E-state index is 5.66. The minimum absolute atomic E-state index is 0.306. The molecule has 0 aromatic carbocycles. The van der Waals surface area contributed by atoms with E-state index in [0.29, 0.717) is 24.3 Å². The lowest BCUT2D eigenvalue weighted by Gasteiger charge is -2.11. The Labute approximate surface area is 98.7 Å². The minimum Gasteiger partial charge on any atom is -0.380 e. The molecule has 2 aliphatic rings. The normalized spacial score (nSPS) is 38.2. The fraction of sp³-hybridized carbons (Fsp3) is 1.00. The molecule has 4 nitrogen and oxygen atoms in total. The van der Waals surface area contributed by atoms with Crippen LogP contribution in [0.25, 0.3) is 0 Å². The smallest absolute Gasteiger partial charge is 0.0722 e. The summed E-state index contributed by atoms with van der Waals surface area (Å²) in [7, 11) is 3.46. The van der Waals surface area contributed by atoms with Gasteiger partial charge in [-0.25, -0.2) is 0 Å². The van der Waals surface area contributed by atoms with Crippen molar-refractivity contribution in [1.82, 2.24) is 0 Å². The van der Waals surface area contributed by atoms with Crippen LogP contribution < -0.4 is 11.5 Å². The van der Waals surface area contributed by atoms with Crippen LogP contribution >= 0.6 is 0 Å². The van der Waals surface area contributed by atoms with Crippen molar-refractivity contribution >= 4 is 0 Å². The van der Waals surface area contributed by atoms with Crippen LogP contribution in [0.1, 0.15) is 38.5 Å². The molecule has 0 saturated heterocycles. The van der Waals surface area contributed by atoms with Crippen LogP contribution in [0, 0.1) is 0 Å². The largest absolute Gasteiger partial charge is 0.380 e. The van der Waals surface area contributed by atoms with E-state index in [9.17, 15) is 0 Å². The van der Waals surface area contributed by atoms with Crippen molar-refractivity contribution in [2.75, 3.05) is 14.2 Å². The number of hydrogen-bond donors (Lipinski definition) is 2. The van der Waals surface area contributed by atoms with Crippen LogP contribution in [-0.4, -0.2) is 38.5 Å². The van der Waals surface area contributed by atoms with Crippen LogP contribution in [0.2, 0.25) is 0 Å². The second-order valence-electron chi connectivity index (χ2n) is 4.74. The van der Waals surface area contributed by atoms with Gasteiger partial charge in [-0.3, -0.25) is 0 Å². The second-order valence-corrected chi connectivity index (χ2v) is 4.74. The van der Waals surface area contributed by atoms with Gasteiger partial charge in [-0.15, -0.1) is 0 Å². The van der Waals surface area contributed by atoms with E-state index in [-0.39, 0.29) is 0 Å². The molecular formula is C12H26N2O2. The lowest BCUT2D eigenvalue weighted by Crippen LogP contribution is -2.30. The fourth-order valence-electron chi connectivity index (χ4n) is 2.49. The van der Waals surface area contributed by atoms with Crippen molar-refractivity contribution in [2.24, 2.45) is 11.5 Å². The Morgan fingerprint density at radius 2 is 1.12 bits per heavy atom. The molecule has 4 atom stereocenters. The SMILES string of the molecule is CO[C@@H]1CCC[C@H]1N.CO[C@H]1CCC[C@@H]1N. The van der Waals surface area contributed by atoms with E-state index in [1.807, 2.05) is 0 Å². The Balaban J connectivity index is 0.000000160. The Morgan fingerprint density at radius 1 is 0.750 bits per heavy atom. The van der Waals surface area contributed by atoms with E-state index >= 15 is 0 Å². The first kappa shape index (κ1) is 13.9. The summed E-state index contributed by atoms with van der Waals surface area (Å²) < 4.78 is 10.2. The molecule has 16 heavy (non-hydrogen) atoms. The molecule has 0 heterocycles. The zero-order valence-electron chi connectivity index (χ0n) is 10.5. The summed E-state index contributed by atoms with van der Waals surface area (Å²) in [5, 5.41) is 0. The van der Waals surface area contributed by atoms with Gasteiger partial charge in [-0.2, -0.15) is 0 Å². The summed E-state index contributed by atoms with van der Waals surface area (Å²) in [5.41, 5.74) is 11.3. The fourth-order valence-corrected chi connectivity index (χ4v) is 2.49. The van der Waals surface area contributed by atoms with Crippen molar-refractivity contribution < 1.29 is 9.47 Å². The molecule has 0 amide bonds. The summed E-state index contributed by atoms with van der Waals surface area (Å²) in [4.78, 5) is 0. The summed E-state index contributed by atoms with van der Waals surface area (Å²) in [6, 6.07) is 0.611. The maximum Gasteiger partial charge on any atom is 0.0722 e. The quantitative estimate of drug-likeness (QED) is 0.743. The van der Waals surface area contributed by atoms with Gasteiger partial charge in [0.15, 0.2) is 0 Å². The molecule has 4 N–H and O–H groups in total. The van der Waals surface area contributed by atoms with E-state index < -0.39 is 0 Å². The van der Waals surface area contributed by atoms with E-state index in [1.165, 1.54) is 12.8 Å². The van der Waals surface area contributed by atoms with E-state index in [1.54, 1.807) is 14.2 Å². The van der Waals surface area contributed by atoms with Gasteiger partial charge in [0.25, 0.3) is 0 Å². The third kappa shape index (κ3) is 4.01. The summed E-state index contributed by atoms with van der Waals surface area (Å²) >= 11 is 0. The number of ether oxygens (including phenoxy) is 2. The molecule has 2 rings (SSSR count). The van der Waals surface area contributed by atoms with Gasteiger partial charge >= 0.3 is 0 Å². The number of rotatable bonds is 2. The molecule has 0 radical (unpaired) electrons. The highest BCUT2D eigenvalue weighted by atomic mass is 16.5. The lowest BCUT2D eigenvalue weighted by atomic mass is 10.2. The standard InChI is InChI=1S/2C6H13NO/c2*1-8-6-4-2-3-5(6)7/h2*5-6H,2-4,7H2,1H3/t2*5-,6-/m10/s1. The molecule has 4 heteroatoms. The van der Waals surface area contributed by atoms with Gasteiger partial charge in [0.2, 0.25) is 0 Å². The maximum atomic E-state index is 5.66. The van der Waals surface area contributed by atoms with E-state index in [4.69, 9.17) is 20.9 Å². The summed E-state index contributed by atoms with van der Waals surface area (Å²) in [6.07, 6.45) is 7.73. The average molecular weight is 230 g/mol. The van der Waals surface area contributed by atoms with Crippen molar-refractivity contribution in [3.05, 3.63) is 0 Å². The molecule has 2 saturated carbocycles. The second kappa shape index (κ2) is 7.22. The predicted octanol–water partition coefficient (Wildman–Crippen LogP) is 1.03. The van der Waals surface area contributed by atoms with Crippen LogP contribution in [0.3, 0.4) is 0 Å². The van der Waals surface area contributed by atoms with E-state index in [2.05, 4.69) is 0 Å². The third-order valence-corrected chi connectivity index (χ3v) is 3.61. The van der Waals surface area contributed by atoms with Gasteiger partial charge in [0.05, 0.1) is 12.2 Å². The van der Waals surface area contributed by atoms with E-state index in [0.717, 1.165) is 25.7 Å². The van der Waals surface area contributed by atoms with Gasteiger partial charge in [0.1, 0.15) is 0 Å². The number of nitrogens with two attached hydrogens (primary N) is 2. The zero-order valence-corrected chi connectivity index (χ0v) is 10.5. The van der Waals surface area contributed by atoms with Gasteiger partial charge in [0, 0.05) is 26.3 Å². The van der Waals surface area contributed by atoms with Crippen LogP contribution in [0.5, 0.6) is 0 Å². The highest BCUT2D eigenvalue weighted by Crippen LogP contribution is 2.19. The van der Waals surface area contributed by atoms with Gasteiger partial charge < -0.3 is 20.9 Å². The molecule has 0 aliphatic heterocycles. The van der Waals surface area contributed by atoms with Crippen molar-refractivity contribution in [3.63, 3.8) is 0 Å². The Hall–Kier alpha value is -0.160. The first-order valence-electron chi connectivity index (χ1n) is 6.25. The van der Waals surface area contributed by atoms with Crippen molar-refractivity contribution in [3.8, 4) is 0 Å². The lowest BCUT2D eigenvalue weighted by molar-refractivity contribution is 0.0960. The molecule has 2 fully saturated rings. The molecule has 0 aromatic heterocycles. The monoisotopic (exact) mass is 230 g/mol. The van der Waals surface area contributed by atoms with Crippen LogP contribution in [0.15, 0.2) is 0 Å². The van der Waals surface area contributed by atoms with Gasteiger partial charge in [-0.1, -0.05) is 0 Å². The molecular weight excluding hydrogens is 204 g/mol. The molecule has 0 spiro atoms. The number of hydrogen-bond acceptors (Lipinski definition) is 4. The molecule has 96 valence electrons. The van der Waals surface area contributed by atoms with Gasteiger partial charge in [-0.05, 0) is 38.5 Å². The molecule has 0 aromatic rings. The zero-order chi connectivity index (χ0) is 12.0. The van der Waals surface area contributed by atoms with Crippen LogP contribution in [0.4, 0.5) is 0 Å².